The second-order valence-corrected chi connectivity index (χ2v) is 3.72. The fourth-order valence-corrected chi connectivity index (χ4v) is 0.558. The van der Waals surface area contributed by atoms with Gasteiger partial charge >= 0.3 is 0 Å². The Hall–Kier alpha value is -0.170. The van der Waals surface area contributed by atoms with Gasteiger partial charge in [0, 0.05) is 23.5 Å². The predicted molar refractivity (Wildman–Crippen MR) is 47.3 cm³/mol. The standard InChI is InChI=1S/C8H16ClN/c1-7(8(2,3)4)10-6-5-9/h10H,1,5-6H2,2-4H3. The second kappa shape index (κ2) is 3.87. The highest BCUT2D eigenvalue weighted by atomic mass is 35.5. The van der Waals surface area contributed by atoms with E-state index < -0.39 is 0 Å². The van der Waals surface area contributed by atoms with E-state index in [9.17, 15) is 0 Å². The van der Waals surface area contributed by atoms with Gasteiger partial charge < -0.3 is 5.32 Å². The molecule has 0 bridgehead atoms. The molecule has 2 heteroatoms. The molecular formula is C8H16ClN. The molecule has 0 heterocycles. The summed E-state index contributed by atoms with van der Waals surface area (Å²) in [6.07, 6.45) is 0. The van der Waals surface area contributed by atoms with Crippen LogP contribution in [0.25, 0.3) is 0 Å². The number of allylic oxidation sites excluding steroid dienone is 1. The van der Waals surface area contributed by atoms with E-state index in [-0.39, 0.29) is 5.41 Å². The zero-order valence-corrected chi connectivity index (χ0v) is 7.76. The highest BCUT2D eigenvalue weighted by Gasteiger charge is 2.13. The molecule has 0 rings (SSSR count). The molecule has 10 heavy (non-hydrogen) atoms. The lowest BCUT2D eigenvalue weighted by Crippen LogP contribution is -2.24. The maximum Gasteiger partial charge on any atom is 0.0396 e. The van der Waals surface area contributed by atoms with Gasteiger partial charge in [0.15, 0.2) is 0 Å². The number of alkyl halides is 1. The Morgan fingerprint density at radius 3 is 2.30 bits per heavy atom. The molecule has 60 valence electrons. The van der Waals surface area contributed by atoms with E-state index >= 15 is 0 Å². The van der Waals surface area contributed by atoms with Crippen LogP contribution in [0.5, 0.6) is 0 Å². The van der Waals surface area contributed by atoms with E-state index in [1.54, 1.807) is 0 Å². The Morgan fingerprint density at radius 2 is 2.00 bits per heavy atom. The molecule has 0 aliphatic carbocycles. The topological polar surface area (TPSA) is 12.0 Å². The van der Waals surface area contributed by atoms with Crippen molar-refractivity contribution in [2.24, 2.45) is 5.41 Å². The monoisotopic (exact) mass is 161 g/mol. The molecule has 1 nitrogen and oxygen atoms in total. The fourth-order valence-electron chi connectivity index (χ4n) is 0.463. The average Bonchev–Trinajstić information content (AvgIpc) is 1.80. The van der Waals surface area contributed by atoms with Gasteiger partial charge in [0.05, 0.1) is 0 Å². The fraction of sp³-hybridized carbons (Fsp3) is 0.750. The van der Waals surface area contributed by atoms with E-state index in [2.05, 4.69) is 32.7 Å². The minimum Gasteiger partial charge on any atom is -0.387 e. The summed E-state index contributed by atoms with van der Waals surface area (Å²) >= 11 is 5.49. The van der Waals surface area contributed by atoms with Crippen LogP contribution in [0, 0.1) is 5.41 Å². The van der Waals surface area contributed by atoms with Gasteiger partial charge in [-0.15, -0.1) is 11.6 Å². The second-order valence-electron chi connectivity index (χ2n) is 3.34. The van der Waals surface area contributed by atoms with Crippen molar-refractivity contribution in [3.8, 4) is 0 Å². The minimum atomic E-state index is 0.145. The average molecular weight is 162 g/mol. The van der Waals surface area contributed by atoms with Crippen LogP contribution in [0.1, 0.15) is 20.8 Å². The van der Waals surface area contributed by atoms with Crippen LogP contribution in [0.2, 0.25) is 0 Å². The summed E-state index contributed by atoms with van der Waals surface area (Å²) in [4.78, 5) is 0. The normalized spacial score (nSPS) is 11.2. The highest BCUT2D eigenvalue weighted by Crippen LogP contribution is 2.20. The Bertz CT molecular complexity index is 113. The quantitative estimate of drug-likeness (QED) is 0.627. The van der Waals surface area contributed by atoms with Gasteiger partial charge in [-0.2, -0.15) is 0 Å². The molecule has 0 amide bonds. The summed E-state index contributed by atoms with van der Waals surface area (Å²) in [5, 5.41) is 3.15. The van der Waals surface area contributed by atoms with Crippen molar-refractivity contribution >= 4 is 11.6 Å². The van der Waals surface area contributed by atoms with Crippen LogP contribution in [-0.2, 0) is 0 Å². The first kappa shape index (κ1) is 9.83. The molecule has 0 saturated carbocycles. The number of nitrogens with one attached hydrogen (secondary N) is 1. The van der Waals surface area contributed by atoms with E-state index in [1.165, 1.54) is 0 Å². The Morgan fingerprint density at radius 1 is 1.50 bits per heavy atom. The third kappa shape index (κ3) is 3.78. The number of hydrogen-bond acceptors (Lipinski definition) is 1. The van der Waals surface area contributed by atoms with Crippen LogP contribution in [0.15, 0.2) is 12.3 Å². The summed E-state index contributed by atoms with van der Waals surface area (Å²) in [7, 11) is 0. The summed E-state index contributed by atoms with van der Waals surface area (Å²) in [6, 6.07) is 0. The van der Waals surface area contributed by atoms with E-state index in [0.29, 0.717) is 5.88 Å². The molecule has 0 spiro atoms. The molecule has 0 radical (unpaired) electrons. The lowest BCUT2D eigenvalue weighted by molar-refractivity contribution is 0.467. The molecule has 0 fully saturated rings. The molecule has 0 aliphatic rings. The molecule has 0 aromatic heterocycles. The largest absolute Gasteiger partial charge is 0.387 e. The first-order valence-corrected chi connectivity index (χ1v) is 4.01. The van der Waals surface area contributed by atoms with Crippen LogP contribution in [-0.4, -0.2) is 12.4 Å². The van der Waals surface area contributed by atoms with Crippen molar-refractivity contribution in [3.63, 3.8) is 0 Å². The van der Waals surface area contributed by atoms with Crippen LogP contribution < -0.4 is 5.32 Å². The SMILES string of the molecule is C=C(NCCCl)C(C)(C)C. The molecule has 0 aromatic carbocycles. The van der Waals surface area contributed by atoms with Crippen LogP contribution in [0.4, 0.5) is 0 Å². The van der Waals surface area contributed by atoms with Gasteiger partial charge in [-0.25, -0.2) is 0 Å². The summed E-state index contributed by atoms with van der Waals surface area (Å²) in [5.74, 6) is 0.634. The summed E-state index contributed by atoms with van der Waals surface area (Å²) in [5.41, 5.74) is 1.19. The van der Waals surface area contributed by atoms with Gasteiger partial charge in [-0.05, 0) is 0 Å². The number of hydrogen-bond donors (Lipinski definition) is 1. The summed E-state index contributed by atoms with van der Waals surface area (Å²) < 4.78 is 0. The van der Waals surface area contributed by atoms with Gasteiger partial charge in [0.1, 0.15) is 0 Å². The zero-order chi connectivity index (χ0) is 8.20. The molecule has 0 unspecified atom stereocenters. The lowest BCUT2D eigenvalue weighted by atomic mass is 9.93. The van der Waals surface area contributed by atoms with Gasteiger partial charge in [-0.3, -0.25) is 0 Å². The molecule has 1 N–H and O–H groups in total. The van der Waals surface area contributed by atoms with Crippen molar-refractivity contribution < 1.29 is 0 Å². The van der Waals surface area contributed by atoms with Crippen molar-refractivity contribution in [2.75, 3.05) is 12.4 Å². The van der Waals surface area contributed by atoms with Crippen molar-refractivity contribution in [1.29, 1.82) is 0 Å². The molecular weight excluding hydrogens is 146 g/mol. The minimum absolute atomic E-state index is 0.145. The van der Waals surface area contributed by atoms with E-state index in [1.807, 2.05) is 0 Å². The molecule has 0 aliphatic heterocycles. The third-order valence-corrected chi connectivity index (χ3v) is 1.53. The Kier molecular flexibility index (Phi) is 3.80. The maximum atomic E-state index is 5.49. The van der Waals surface area contributed by atoms with E-state index in [0.717, 1.165) is 12.2 Å². The highest BCUT2D eigenvalue weighted by molar-refractivity contribution is 6.18. The van der Waals surface area contributed by atoms with Crippen molar-refractivity contribution in [2.45, 2.75) is 20.8 Å². The Labute approximate surface area is 68.5 Å². The predicted octanol–water partition coefficient (Wildman–Crippen LogP) is 2.37. The molecule has 0 aromatic rings. The van der Waals surface area contributed by atoms with Crippen LogP contribution >= 0.6 is 11.6 Å². The smallest absolute Gasteiger partial charge is 0.0396 e. The zero-order valence-electron chi connectivity index (χ0n) is 7.00. The summed E-state index contributed by atoms with van der Waals surface area (Å²) in [6.45, 7) is 11.1. The first-order chi connectivity index (χ1) is 4.48. The number of rotatable bonds is 3. The third-order valence-electron chi connectivity index (χ3n) is 1.34. The van der Waals surface area contributed by atoms with Crippen LogP contribution in [0.3, 0.4) is 0 Å². The van der Waals surface area contributed by atoms with Crippen molar-refractivity contribution in [3.05, 3.63) is 12.3 Å². The molecule has 0 saturated heterocycles. The van der Waals surface area contributed by atoms with Gasteiger partial charge in [0.2, 0.25) is 0 Å². The first-order valence-electron chi connectivity index (χ1n) is 3.47. The lowest BCUT2D eigenvalue weighted by Gasteiger charge is -2.22. The Balaban J connectivity index is 3.64. The van der Waals surface area contributed by atoms with E-state index in [4.69, 9.17) is 11.6 Å². The van der Waals surface area contributed by atoms with Gasteiger partial charge in [-0.1, -0.05) is 27.4 Å². The van der Waals surface area contributed by atoms with Gasteiger partial charge in [0.25, 0.3) is 0 Å². The van der Waals surface area contributed by atoms with Crippen molar-refractivity contribution in [1.82, 2.24) is 5.32 Å². The maximum absolute atomic E-state index is 5.49. The molecule has 0 atom stereocenters. The number of halogens is 1.